The lowest BCUT2D eigenvalue weighted by Crippen LogP contribution is -2.54. The molecule has 0 aliphatic carbocycles. The summed E-state index contributed by atoms with van der Waals surface area (Å²) in [6, 6.07) is 13.1. The van der Waals surface area contributed by atoms with Crippen LogP contribution in [-0.2, 0) is 20.9 Å². The molecule has 3 aromatic rings. The summed E-state index contributed by atoms with van der Waals surface area (Å²) < 4.78 is 17.2. The summed E-state index contributed by atoms with van der Waals surface area (Å²) in [6.45, 7) is 4.13. The first-order valence-corrected chi connectivity index (χ1v) is 13.9. The number of hydrogen-bond acceptors (Lipinski definition) is 7. The highest BCUT2D eigenvalue weighted by Crippen LogP contribution is 2.39. The molecule has 0 saturated carbocycles. The van der Waals surface area contributed by atoms with E-state index in [0.717, 1.165) is 4.90 Å². The molecular weight excluding hydrogens is 639 g/mol. The van der Waals surface area contributed by atoms with Gasteiger partial charge in [-0.2, -0.15) is 0 Å². The standard InChI is InChI=1S/C29H23BrCl2N2O7/c1-3-39-24-13-16(12-22(30)25(24)41-15-18-5-8-19(31)14-23(18)32)11-21-26(35)33-29(38)34(27(21)36)20-9-6-17(7-10-20)28(37)40-4-2/h5-14H,3-4,15H2,1-2H3,(H,33,35,38)/b21-11+. The molecule has 1 N–H and O–H groups in total. The van der Waals surface area contributed by atoms with Gasteiger partial charge in [-0.1, -0.05) is 29.3 Å². The average molecular weight is 662 g/mol. The smallest absolute Gasteiger partial charge is 0.338 e. The van der Waals surface area contributed by atoms with Gasteiger partial charge >= 0.3 is 12.0 Å². The predicted octanol–water partition coefficient (Wildman–Crippen LogP) is 6.58. The normalized spacial score (nSPS) is 14.2. The number of ether oxygens (including phenoxy) is 3. The number of benzene rings is 3. The van der Waals surface area contributed by atoms with E-state index in [1.807, 2.05) is 0 Å². The van der Waals surface area contributed by atoms with E-state index in [0.29, 0.717) is 43.8 Å². The molecule has 41 heavy (non-hydrogen) atoms. The third-order valence-electron chi connectivity index (χ3n) is 5.77. The Labute approximate surface area is 254 Å². The molecule has 4 amide bonds. The summed E-state index contributed by atoms with van der Waals surface area (Å²) in [4.78, 5) is 51.4. The summed E-state index contributed by atoms with van der Waals surface area (Å²) in [5.74, 6) is -1.49. The monoisotopic (exact) mass is 660 g/mol. The van der Waals surface area contributed by atoms with E-state index < -0.39 is 23.8 Å². The molecule has 0 atom stereocenters. The lowest BCUT2D eigenvalue weighted by Gasteiger charge is -2.26. The number of carbonyl (C=O) groups excluding carboxylic acids is 4. The summed E-state index contributed by atoms with van der Waals surface area (Å²) in [6.07, 6.45) is 1.34. The van der Waals surface area contributed by atoms with Crippen LogP contribution in [0.5, 0.6) is 11.5 Å². The lowest BCUT2D eigenvalue weighted by atomic mass is 10.1. The minimum atomic E-state index is -0.915. The van der Waals surface area contributed by atoms with Crippen LogP contribution in [0.1, 0.15) is 35.3 Å². The number of barbiturate groups is 1. The Morgan fingerprint density at radius 1 is 0.976 bits per heavy atom. The van der Waals surface area contributed by atoms with Gasteiger partial charge in [-0.15, -0.1) is 0 Å². The second kappa shape index (κ2) is 13.2. The molecule has 1 aliphatic rings. The van der Waals surface area contributed by atoms with Crippen LogP contribution in [0.25, 0.3) is 6.08 Å². The lowest BCUT2D eigenvalue weighted by molar-refractivity contribution is -0.122. The zero-order valence-corrected chi connectivity index (χ0v) is 24.9. The topological polar surface area (TPSA) is 111 Å². The molecule has 1 fully saturated rings. The molecular formula is C29H23BrCl2N2O7. The minimum absolute atomic E-state index is 0.127. The van der Waals surface area contributed by atoms with Crippen LogP contribution < -0.4 is 19.7 Å². The van der Waals surface area contributed by atoms with Crippen molar-refractivity contribution in [2.45, 2.75) is 20.5 Å². The third kappa shape index (κ3) is 6.90. The van der Waals surface area contributed by atoms with Crippen molar-refractivity contribution >= 4 is 74.7 Å². The molecule has 0 radical (unpaired) electrons. The zero-order chi connectivity index (χ0) is 29.7. The molecule has 1 heterocycles. The van der Waals surface area contributed by atoms with Crippen LogP contribution in [-0.4, -0.2) is 37.0 Å². The van der Waals surface area contributed by atoms with Gasteiger partial charge in [-0.05, 0) is 89.9 Å². The molecule has 0 aromatic heterocycles. The molecule has 9 nitrogen and oxygen atoms in total. The molecule has 1 aliphatic heterocycles. The molecule has 0 bridgehead atoms. The van der Waals surface area contributed by atoms with Crippen LogP contribution in [0.2, 0.25) is 10.0 Å². The maximum absolute atomic E-state index is 13.3. The van der Waals surface area contributed by atoms with Gasteiger partial charge in [-0.3, -0.25) is 14.9 Å². The van der Waals surface area contributed by atoms with Gasteiger partial charge in [0.2, 0.25) is 0 Å². The average Bonchev–Trinajstić information content (AvgIpc) is 2.92. The Bertz CT molecular complexity index is 1560. The SMILES string of the molecule is CCOC(=O)c1ccc(N2C(=O)NC(=O)/C(=C\c3cc(Br)c(OCc4ccc(Cl)cc4Cl)c(OCC)c3)C2=O)cc1. The number of imide groups is 2. The number of esters is 1. The van der Waals surface area contributed by atoms with Crippen LogP contribution in [0.4, 0.5) is 10.5 Å². The quantitative estimate of drug-likeness (QED) is 0.157. The zero-order valence-electron chi connectivity index (χ0n) is 21.8. The van der Waals surface area contributed by atoms with Crippen LogP contribution in [0.3, 0.4) is 0 Å². The number of halogens is 3. The van der Waals surface area contributed by atoms with Crippen LogP contribution in [0, 0.1) is 0 Å². The molecule has 0 spiro atoms. The molecule has 4 rings (SSSR count). The summed E-state index contributed by atoms with van der Waals surface area (Å²) in [5.41, 5.74) is 1.28. The Balaban J connectivity index is 1.63. The van der Waals surface area contributed by atoms with Crippen LogP contribution >= 0.6 is 39.1 Å². The van der Waals surface area contributed by atoms with Crippen molar-refractivity contribution < 1.29 is 33.4 Å². The Morgan fingerprint density at radius 3 is 2.37 bits per heavy atom. The van der Waals surface area contributed by atoms with E-state index in [4.69, 9.17) is 37.4 Å². The molecule has 212 valence electrons. The fourth-order valence-electron chi connectivity index (χ4n) is 3.88. The highest BCUT2D eigenvalue weighted by Gasteiger charge is 2.37. The fourth-order valence-corrected chi connectivity index (χ4v) is 4.92. The molecule has 3 aromatic carbocycles. The maximum Gasteiger partial charge on any atom is 0.338 e. The van der Waals surface area contributed by atoms with E-state index >= 15 is 0 Å². The first kappa shape index (κ1) is 30.1. The number of rotatable bonds is 9. The van der Waals surface area contributed by atoms with Crippen molar-refractivity contribution in [2.24, 2.45) is 0 Å². The van der Waals surface area contributed by atoms with Gasteiger partial charge in [0.05, 0.1) is 28.9 Å². The third-order valence-corrected chi connectivity index (χ3v) is 6.94. The Kier molecular flexibility index (Phi) is 9.69. The summed E-state index contributed by atoms with van der Waals surface area (Å²) >= 11 is 15.7. The van der Waals surface area contributed by atoms with Crippen molar-refractivity contribution in [3.8, 4) is 11.5 Å². The van der Waals surface area contributed by atoms with Crippen molar-refractivity contribution in [1.82, 2.24) is 5.32 Å². The number of anilines is 1. The number of hydrogen-bond donors (Lipinski definition) is 1. The largest absolute Gasteiger partial charge is 0.490 e. The Morgan fingerprint density at radius 2 is 1.71 bits per heavy atom. The van der Waals surface area contributed by atoms with E-state index in [9.17, 15) is 19.2 Å². The summed E-state index contributed by atoms with van der Waals surface area (Å²) in [5, 5.41) is 3.13. The predicted molar refractivity (Wildman–Crippen MR) is 158 cm³/mol. The van der Waals surface area contributed by atoms with Gasteiger partial charge in [0, 0.05) is 15.6 Å². The first-order chi connectivity index (χ1) is 19.6. The van der Waals surface area contributed by atoms with E-state index in [1.54, 1.807) is 44.2 Å². The highest BCUT2D eigenvalue weighted by atomic mass is 79.9. The fraction of sp³-hybridized carbons (Fsp3) is 0.172. The molecule has 0 unspecified atom stereocenters. The van der Waals surface area contributed by atoms with Gasteiger partial charge in [0.25, 0.3) is 11.8 Å². The van der Waals surface area contributed by atoms with Crippen molar-refractivity contribution in [2.75, 3.05) is 18.1 Å². The second-order valence-electron chi connectivity index (χ2n) is 8.51. The Hall–Kier alpha value is -3.86. The van der Waals surface area contributed by atoms with Gasteiger partial charge in [-0.25, -0.2) is 14.5 Å². The number of nitrogens with one attached hydrogen (secondary N) is 1. The van der Waals surface area contributed by atoms with Crippen molar-refractivity contribution in [3.63, 3.8) is 0 Å². The highest BCUT2D eigenvalue weighted by molar-refractivity contribution is 9.10. The number of nitrogens with zero attached hydrogens (tertiary/aromatic N) is 1. The molecule has 12 heteroatoms. The van der Waals surface area contributed by atoms with E-state index in [2.05, 4.69) is 21.2 Å². The summed E-state index contributed by atoms with van der Waals surface area (Å²) in [7, 11) is 0. The van der Waals surface area contributed by atoms with Gasteiger partial charge in [0.1, 0.15) is 12.2 Å². The first-order valence-electron chi connectivity index (χ1n) is 12.3. The minimum Gasteiger partial charge on any atom is -0.490 e. The second-order valence-corrected chi connectivity index (χ2v) is 10.2. The van der Waals surface area contributed by atoms with Crippen LogP contribution in [0.15, 0.2) is 64.6 Å². The van der Waals surface area contributed by atoms with Crippen molar-refractivity contribution in [1.29, 1.82) is 0 Å². The van der Waals surface area contributed by atoms with E-state index in [1.165, 1.54) is 30.3 Å². The number of urea groups is 1. The van der Waals surface area contributed by atoms with E-state index in [-0.39, 0.29) is 30.0 Å². The van der Waals surface area contributed by atoms with Gasteiger partial charge in [0.15, 0.2) is 11.5 Å². The number of carbonyl (C=O) groups is 4. The molecule has 1 saturated heterocycles. The van der Waals surface area contributed by atoms with Crippen molar-refractivity contribution in [3.05, 3.63) is 91.4 Å². The number of amides is 4. The maximum atomic E-state index is 13.3. The van der Waals surface area contributed by atoms with Gasteiger partial charge < -0.3 is 14.2 Å².